The summed E-state index contributed by atoms with van der Waals surface area (Å²) in [6.45, 7) is 4.55. The monoisotopic (exact) mass is 366 g/mol. The molecular weight excluding hydrogens is 348 g/mol. The summed E-state index contributed by atoms with van der Waals surface area (Å²) in [7, 11) is 0. The molecule has 4 aromatic rings. The smallest absolute Gasteiger partial charge is 0.226 e. The van der Waals surface area contributed by atoms with Gasteiger partial charge >= 0.3 is 0 Å². The third kappa shape index (κ3) is 3.43. The quantitative estimate of drug-likeness (QED) is 0.502. The number of oxazole rings is 1. The molecule has 6 nitrogen and oxygen atoms in total. The summed E-state index contributed by atoms with van der Waals surface area (Å²) in [5.74, 6) is 2.95. The lowest BCUT2D eigenvalue weighted by Gasteiger charge is -2.02. The number of aromatic nitrogens is 4. The second-order valence-corrected chi connectivity index (χ2v) is 6.65. The Morgan fingerprint density at radius 3 is 2.77 bits per heavy atom. The first-order chi connectivity index (χ1) is 12.7. The Labute approximate surface area is 155 Å². The number of benzene rings is 1. The molecule has 3 aromatic heterocycles. The second-order valence-electron chi connectivity index (χ2n) is 5.68. The Morgan fingerprint density at radius 2 is 2.00 bits per heavy atom. The standard InChI is InChI=1S/C19H18N4O2S/c1-3-24-14-8-6-13(7-9-14)18-21-16(12(2)25-18)11-26-19-22-15-5-4-10-20-17(15)23-19/h4-10H,3,11H2,1-2H3,(H,20,22,23). The third-order valence-electron chi connectivity index (χ3n) is 3.89. The summed E-state index contributed by atoms with van der Waals surface area (Å²) in [6.07, 6.45) is 1.74. The van der Waals surface area contributed by atoms with Crippen LogP contribution in [0.1, 0.15) is 18.4 Å². The fourth-order valence-corrected chi connectivity index (χ4v) is 3.45. The Kier molecular flexibility index (Phi) is 4.62. The fourth-order valence-electron chi connectivity index (χ4n) is 2.57. The number of H-pyrrole nitrogens is 1. The van der Waals surface area contributed by atoms with Crippen LogP contribution in [0.2, 0.25) is 0 Å². The minimum Gasteiger partial charge on any atom is -0.494 e. The lowest BCUT2D eigenvalue weighted by atomic mass is 10.2. The van der Waals surface area contributed by atoms with Crippen molar-refractivity contribution in [2.24, 2.45) is 0 Å². The highest BCUT2D eigenvalue weighted by Crippen LogP contribution is 2.28. The lowest BCUT2D eigenvalue weighted by molar-refractivity contribution is 0.340. The molecule has 0 aliphatic heterocycles. The predicted octanol–water partition coefficient (Wildman–Crippen LogP) is 4.61. The van der Waals surface area contributed by atoms with E-state index in [4.69, 9.17) is 9.15 Å². The molecule has 0 amide bonds. The van der Waals surface area contributed by atoms with Crippen molar-refractivity contribution in [3.63, 3.8) is 0 Å². The van der Waals surface area contributed by atoms with Gasteiger partial charge < -0.3 is 14.1 Å². The molecule has 0 bridgehead atoms. The van der Waals surface area contributed by atoms with Crippen molar-refractivity contribution in [3.8, 4) is 17.2 Å². The number of ether oxygens (including phenoxy) is 1. The molecule has 0 radical (unpaired) electrons. The van der Waals surface area contributed by atoms with Crippen molar-refractivity contribution in [3.05, 3.63) is 54.0 Å². The van der Waals surface area contributed by atoms with Gasteiger partial charge in [0.15, 0.2) is 10.8 Å². The number of aromatic amines is 1. The van der Waals surface area contributed by atoms with Crippen LogP contribution >= 0.6 is 11.8 Å². The molecule has 0 fully saturated rings. The summed E-state index contributed by atoms with van der Waals surface area (Å²) >= 11 is 1.58. The van der Waals surface area contributed by atoms with Crippen LogP contribution in [0, 0.1) is 6.92 Å². The van der Waals surface area contributed by atoms with Gasteiger partial charge in [0.2, 0.25) is 5.89 Å². The van der Waals surface area contributed by atoms with Gasteiger partial charge in [-0.05, 0) is 50.2 Å². The normalized spacial score (nSPS) is 11.2. The molecule has 0 saturated carbocycles. The van der Waals surface area contributed by atoms with Gasteiger partial charge in [-0.15, -0.1) is 0 Å². The van der Waals surface area contributed by atoms with Crippen LogP contribution in [0.5, 0.6) is 5.75 Å². The van der Waals surface area contributed by atoms with E-state index in [0.29, 0.717) is 18.3 Å². The number of nitrogens with one attached hydrogen (secondary N) is 1. The van der Waals surface area contributed by atoms with Crippen LogP contribution < -0.4 is 4.74 Å². The van der Waals surface area contributed by atoms with Crippen molar-refractivity contribution in [1.82, 2.24) is 19.9 Å². The van der Waals surface area contributed by atoms with Crippen LogP contribution in [0.15, 0.2) is 52.2 Å². The molecule has 132 valence electrons. The predicted molar refractivity (Wildman–Crippen MR) is 101 cm³/mol. The van der Waals surface area contributed by atoms with Gasteiger partial charge in [0.05, 0.1) is 17.8 Å². The van der Waals surface area contributed by atoms with Gasteiger partial charge in [0.25, 0.3) is 0 Å². The maximum Gasteiger partial charge on any atom is 0.226 e. The molecule has 7 heteroatoms. The molecule has 0 aliphatic carbocycles. The van der Waals surface area contributed by atoms with Gasteiger partial charge in [-0.1, -0.05) is 11.8 Å². The number of fused-ring (bicyclic) bond motifs is 1. The van der Waals surface area contributed by atoms with Crippen LogP contribution in [0.3, 0.4) is 0 Å². The number of rotatable bonds is 6. The average Bonchev–Trinajstić information content (AvgIpc) is 3.24. The summed E-state index contributed by atoms with van der Waals surface area (Å²) in [5, 5.41) is 0.823. The molecule has 0 spiro atoms. The lowest BCUT2D eigenvalue weighted by Crippen LogP contribution is -1.90. The number of nitrogens with zero attached hydrogens (tertiary/aromatic N) is 3. The molecule has 1 N–H and O–H groups in total. The van der Waals surface area contributed by atoms with E-state index in [9.17, 15) is 0 Å². The van der Waals surface area contributed by atoms with Crippen molar-refractivity contribution in [2.75, 3.05) is 6.61 Å². The van der Waals surface area contributed by atoms with E-state index in [1.54, 1.807) is 18.0 Å². The minimum atomic E-state index is 0.618. The van der Waals surface area contributed by atoms with E-state index >= 15 is 0 Å². The highest BCUT2D eigenvalue weighted by Gasteiger charge is 2.13. The van der Waals surface area contributed by atoms with Crippen molar-refractivity contribution >= 4 is 22.9 Å². The highest BCUT2D eigenvalue weighted by molar-refractivity contribution is 7.98. The third-order valence-corrected chi connectivity index (χ3v) is 4.77. The molecule has 26 heavy (non-hydrogen) atoms. The Morgan fingerprint density at radius 1 is 1.15 bits per heavy atom. The number of hydrogen-bond donors (Lipinski definition) is 1. The SMILES string of the molecule is CCOc1ccc(-c2nc(CSc3nc4ncccc4[nH]3)c(C)o2)cc1. The van der Waals surface area contributed by atoms with E-state index in [0.717, 1.165) is 39.1 Å². The summed E-state index contributed by atoms with van der Waals surface area (Å²) in [4.78, 5) is 16.6. The highest BCUT2D eigenvalue weighted by atomic mass is 32.2. The van der Waals surface area contributed by atoms with E-state index in [1.807, 2.05) is 50.2 Å². The van der Waals surface area contributed by atoms with Crippen LogP contribution in [-0.2, 0) is 5.75 Å². The summed E-state index contributed by atoms with van der Waals surface area (Å²) < 4.78 is 11.3. The van der Waals surface area contributed by atoms with Crippen molar-refractivity contribution in [1.29, 1.82) is 0 Å². The first-order valence-electron chi connectivity index (χ1n) is 8.36. The first-order valence-corrected chi connectivity index (χ1v) is 9.34. The Bertz CT molecular complexity index is 991. The number of pyridine rings is 1. The number of hydrogen-bond acceptors (Lipinski definition) is 6. The minimum absolute atomic E-state index is 0.618. The number of thioether (sulfide) groups is 1. The number of imidazole rings is 1. The fraction of sp³-hybridized carbons (Fsp3) is 0.211. The van der Waals surface area contributed by atoms with E-state index in [1.165, 1.54) is 0 Å². The van der Waals surface area contributed by atoms with Gasteiger partial charge in [-0.25, -0.2) is 15.0 Å². The molecule has 1 aromatic carbocycles. The molecule has 4 rings (SSSR count). The zero-order valence-electron chi connectivity index (χ0n) is 14.5. The molecular formula is C19H18N4O2S. The molecule has 0 saturated heterocycles. The van der Waals surface area contributed by atoms with Gasteiger partial charge in [0, 0.05) is 17.5 Å². The van der Waals surface area contributed by atoms with Gasteiger partial charge in [-0.3, -0.25) is 0 Å². The zero-order valence-corrected chi connectivity index (χ0v) is 15.3. The van der Waals surface area contributed by atoms with Crippen molar-refractivity contribution in [2.45, 2.75) is 24.8 Å². The molecule has 0 aliphatic rings. The maximum absolute atomic E-state index is 5.84. The Hall–Kier alpha value is -2.80. The molecule has 0 atom stereocenters. The van der Waals surface area contributed by atoms with E-state index in [-0.39, 0.29) is 0 Å². The maximum atomic E-state index is 5.84. The van der Waals surface area contributed by atoms with Gasteiger partial charge in [0.1, 0.15) is 11.5 Å². The topological polar surface area (TPSA) is 76.8 Å². The largest absolute Gasteiger partial charge is 0.494 e. The van der Waals surface area contributed by atoms with E-state index < -0.39 is 0 Å². The van der Waals surface area contributed by atoms with E-state index in [2.05, 4.69) is 19.9 Å². The first kappa shape index (κ1) is 16.7. The zero-order chi connectivity index (χ0) is 17.9. The molecule has 0 unspecified atom stereocenters. The van der Waals surface area contributed by atoms with Crippen LogP contribution in [-0.4, -0.2) is 26.5 Å². The average molecular weight is 366 g/mol. The molecule has 3 heterocycles. The van der Waals surface area contributed by atoms with Gasteiger partial charge in [-0.2, -0.15) is 0 Å². The second kappa shape index (κ2) is 7.21. The number of aryl methyl sites for hydroxylation is 1. The van der Waals surface area contributed by atoms with Crippen molar-refractivity contribution < 1.29 is 9.15 Å². The summed E-state index contributed by atoms with van der Waals surface area (Å²) in [6, 6.07) is 11.6. The van der Waals surface area contributed by atoms with Crippen LogP contribution in [0.25, 0.3) is 22.6 Å². The van der Waals surface area contributed by atoms with Crippen LogP contribution in [0.4, 0.5) is 0 Å². The summed E-state index contributed by atoms with van der Waals surface area (Å²) in [5.41, 5.74) is 3.50. The Balaban J connectivity index is 1.49.